The number of rotatable bonds is 10. The maximum Gasteiger partial charge on any atom is 0.187 e. The van der Waals surface area contributed by atoms with Crippen LogP contribution >= 0.6 is 0 Å². The highest BCUT2D eigenvalue weighted by molar-refractivity contribution is 4.98. The molecule has 6 rings (SSSR count). The third-order valence-electron chi connectivity index (χ3n) is 12.2. The van der Waals surface area contributed by atoms with Crippen molar-refractivity contribution in [1.29, 1.82) is 0 Å². The third kappa shape index (κ3) is 9.92. The molecule has 61 heavy (non-hydrogen) atoms. The summed E-state index contributed by atoms with van der Waals surface area (Å²) in [5.41, 5.74) is 0. The zero-order chi connectivity index (χ0) is 45.1. The normalized spacial score (nSPS) is 57.4. The average molecular weight is 895 g/mol. The Kier molecular flexibility index (Phi) is 16.1. The predicted octanol–water partition coefficient (Wildman–Crippen LogP) is -7.93. The van der Waals surface area contributed by atoms with Gasteiger partial charge >= 0.3 is 0 Å². The molecule has 30 atom stereocenters. The molecule has 14 N–H and O–H groups in total. The van der Waals surface area contributed by atoms with Gasteiger partial charge in [0.15, 0.2) is 37.7 Å². The lowest BCUT2D eigenvalue weighted by atomic mass is 9.96. The highest BCUT2D eigenvalue weighted by Gasteiger charge is 2.56. The fourth-order valence-electron chi connectivity index (χ4n) is 8.13. The molecule has 0 spiro atoms. The zero-order valence-corrected chi connectivity index (χ0v) is 34.1. The number of ether oxygens (including phenoxy) is 11. The van der Waals surface area contributed by atoms with Crippen molar-refractivity contribution in [2.24, 2.45) is 0 Å². The van der Waals surface area contributed by atoms with Gasteiger partial charge in [-0.3, -0.25) is 0 Å². The van der Waals surface area contributed by atoms with E-state index in [1.165, 1.54) is 41.5 Å². The van der Waals surface area contributed by atoms with Gasteiger partial charge < -0.3 is 124 Å². The molecule has 6 fully saturated rings. The van der Waals surface area contributed by atoms with Crippen LogP contribution in [0.3, 0.4) is 0 Å². The van der Waals surface area contributed by atoms with E-state index in [9.17, 15) is 71.5 Å². The highest BCUT2D eigenvalue weighted by atomic mass is 16.8. The molecule has 0 aromatic rings. The molecule has 0 radical (unpaired) electrons. The second-order valence-electron chi connectivity index (χ2n) is 16.7. The standard InChI is InChI=1S/C36H62O25/c1-7-14(38)20(44)29(31(50)51-7)60-34-23(47)27(17(41)10(4)54-34)58-33-25(49)28(18(42)12(6)53-33)59-36-30(21(45)15(39)9(3)56-36)61-35-24(48)26(16(40)11(5)55-35)57-32-22(46)19(43)13(37)8(2)52-32/h7-50H,1-6H3/t7-,8-,9-,10-,11-,12-,13-,14-,15-,16-,17-,18-,19+,20+,21+,22+,23+,24+,25+,26+,27+,28+,29+,30+,31+,32-,33-,34-,35-,36-/m0/s1. The van der Waals surface area contributed by atoms with E-state index in [0.29, 0.717) is 0 Å². The van der Waals surface area contributed by atoms with Crippen molar-refractivity contribution < 1.29 is 124 Å². The first-order valence-corrected chi connectivity index (χ1v) is 20.3. The Morgan fingerprint density at radius 1 is 0.230 bits per heavy atom. The Morgan fingerprint density at radius 3 is 0.902 bits per heavy atom. The zero-order valence-electron chi connectivity index (χ0n) is 34.1. The molecule has 0 aromatic carbocycles. The van der Waals surface area contributed by atoms with E-state index >= 15 is 0 Å². The van der Waals surface area contributed by atoms with E-state index in [2.05, 4.69) is 0 Å². The molecule has 0 saturated carbocycles. The first-order chi connectivity index (χ1) is 28.5. The molecule has 0 aliphatic carbocycles. The van der Waals surface area contributed by atoms with Gasteiger partial charge in [-0.2, -0.15) is 0 Å². The largest absolute Gasteiger partial charge is 0.388 e. The molecule has 6 saturated heterocycles. The van der Waals surface area contributed by atoms with Crippen molar-refractivity contribution in [2.45, 2.75) is 226 Å². The van der Waals surface area contributed by atoms with Gasteiger partial charge in [-0.15, -0.1) is 0 Å². The van der Waals surface area contributed by atoms with Crippen molar-refractivity contribution in [3.8, 4) is 0 Å². The maximum absolute atomic E-state index is 11.6. The Morgan fingerprint density at radius 2 is 0.492 bits per heavy atom. The van der Waals surface area contributed by atoms with E-state index < -0.39 is 184 Å². The lowest BCUT2D eigenvalue weighted by Crippen LogP contribution is -2.67. The SMILES string of the molecule is C[C@@H]1O[C@@H](O[C@@H]2[C@@H](O)[C@H](C)O[C@@H](O[C@H]3[C@H](O[C@@H]4[C@@H](O)[C@H](C)O[C@@H](O[C@@H]5[C@@H](O)[C@H](C)O[C@@H](O[C@@H]6[C@H](O)[C@@H](O)[C@H](C)O[C@H]6O)[C@@H]5O)[C@@H]4O)O[C@@H](C)[C@H](O)[C@H]3O)[C@@H]2O)[C@H](O)[C@H](O)[C@H]1O. The smallest absolute Gasteiger partial charge is 0.187 e. The molecule has 0 aromatic heterocycles. The molecule has 25 nitrogen and oxygen atoms in total. The lowest BCUT2D eigenvalue weighted by Gasteiger charge is -2.50. The fraction of sp³-hybridized carbons (Fsp3) is 1.00. The number of hydrogen-bond donors (Lipinski definition) is 14. The molecule has 6 aliphatic heterocycles. The molecule has 0 bridgehead atoms. The van der Waals surface area contributed by atoms with Crippen LogP contribution in [0.1, 0.15) is 41.5 Å². The topological polar surface area (TPSA) is 385 Å². The van der Waals surface area contributed by atoms with Crippen LogP contribution in [-0.4, -0.2) is 256 Å². The molecule has 356 valence electrons. The summed E-state index contributed by atoms with van der Waals surface area (Å²) in [5, 5.41) is 152. The summed E-state index contributed by atoms with van der Waals surface area (Å²) in [6.45, 7) is 8.30. The van der Waals surface area contributed by atoms with Crippen LogP contribution in [0.15, 0.2) is 0 Å². The Labute approximate surface area is 349 Å². The Balaban J connectivity index is 1.17. The number of aliphatic hydroxyl groups is 14. The van der Waals surface area contributed by atoms with Crippen LogP contribution in [0.25, 0.3) is 0 Å². The Bertz CT molecular complexity index is 1400. The van der Waals surface area contributed by atoms with Crippen molar-refractivity contribution in [3.63, 3.8) is 0 Å². The second-order valence-corrected chi connectivity index (χ2v) is 16.7. The van der Waals surface area contributed by atoms with Crippen molar-refractivity contribution >= 4 is 0 Å². The van der Waals surface area contributed by atoms with Gasteiger partial charge in [-0.25, -0.2) is 0 Å². The van der Waals surface area contributed by atoms with Crippen LogP contribution < -0.4 is 0 Å². The minimum Gasteiger partial charge on any atom is -0.388 e. The van der Waals surface area contributed by atoms with E-state index in [1.54, 1.807) is 0 Å². The van der Waals surface area contributed by atoms with Gasteiger partial charge in [0, 0.05) is 0 Å². The molecule has 6 aliphatic rings. The van der Waals surface area contributed by atoms with Crippen LogP contribution in [0.2, 0.25) is 0 Å². The summed E-state index contributed by atoms with van der Waals surface area (Å²) in [5.74, 6) is 0. The van der Waals surface area contributed by atoms with Gasteiger partial charge in [-0.1, -0.05) is 0 Å². The van der Waals surface area contributed by atoms with Crippen molar-refractivity contribution in [3.05, 3.63) is 0 Å². The molecular formula is C36H62O25. The lowest BCUT2D eigenvalue weighted by molar-refractivity contribution is -0.400. The molecule has 25 heteroatoms. The van der Waals surface area contributed by atoms with Crippen LogP contribution in [0, 0.1) is 0 Å². The summed E-state index contributed by atoms with van der Waals surface area (Å²) in [7, 11) is 0. The summed E-state index contributed by atoms with van der Waals surface area (Å²) in [4.78, 5) is 0. The summed E-state index contributed by atoms with van der Waals surface area (Å²) in [6, 6.07) is 0. The van der Waals surface area contributed by atoms with Crippen molar-refractivity contribution in [2.75, 3.05) is 0 Å². The molecule has 0 amide bonds. The number of aliphatic hydroxyl groups excluding tert-OH is 14. The third-order valence-corrected chi connectivity index (χ3v) is 12.2. The maximum atomic E-state index is 11.6. The average Bonchev–Trinajstić information content (AvgIpc) is 3.21. The van der Waals surface area contributed by atoms with Gasteiger partial charge in [0.2, 0.25) is 0 Å². The van der Waals surface area contributed by atoms with Crippen LogP contribution in [0.4, 0.5) is 0 Å². The van der Waals surface area contributed by atoms with E-state index in [4.69, 9.17) is 52.1 Å². The first kappa shape index (κ1) is 49.4. The Hall–Kier alpha value is -1.00. The first-order valence-electron chi connectivity index (χ1n) is 20.3. The second kappa shape index (κ2) is 19.8. The van der Waals surface area contributed by atoms with Gasteiger partial charge in [0.25, 0.3) is 0 Å². The van der Waals surface area contributed by atoms with E-state index in [1.807, 2.05) is 0 Å². The van der Waals surface area contributed by atoms with E-state index in [-0.39, 0.29) is 0 Å². The number of hydrogen-bond acceptors (Lipinski definition) is 25. The minimum atomic E-state index is -1.97. The summed E-state index contributed by atoms with van der Waals surface area (Å²) >= 11 is 0. The molecule has 6 heterocycles. The van der Waals surface area contributed by atoms with Crippen molar-refractivity contribution in [1.82, 2.24) is 0 Å². The minimum absolute atomic E-state index is 0.971. The summed E-state index contributed by atoms with van der Waals surface area (Å²) < 4.78 is 62.6. The van der Waals surface area contributed by atoms with Gasteiger partial charge in [-0.05, 0) is 41.5 Å². The van der Waals surface area contributed by atoms with Gasteiger partial charge in [0.05, 0.1) is 36.6 Å². The summed E-state index contributed by atoms with van der Waals surface area (Å²) in [6.07, 6.45) is -48.0. The monoisotopic (exact) mass is 894 g/mol. The van der Waals surface area contributed by atoms with Crippen LogP contribution in [-0.2, 0) is 52.1 Å². The van der Waals surface area contributed by atoms with Gasteiger partial charge in [0.1, 0.15) is 110 Å². The predicted molar refractivity (Wildman–Crippen MR) is 191 cm³/mol. The fourth-order valence-corrected chi connectivity index (χ4v) is 8.13. The highest BCUT2D eigenvalue weighted by Crippen LogP contribution is 2.37. The van der Waals surface area contributed by atoms with E-state index in [0.717, 1.165) is 0 Å². The molecular weight excluding hydrogens is 832 g/mol. The van der Waals surface area contributed by atoms with Crippen LogP contribution in [0.5, 0.6) is 0 Å². The molecule has 0 unspecified atom stereocenters. The quantitative estimate of drug-likeness (QED) is 0.0968.